The van der Waals surface area contributed by atoms with Crippen molar-refractivity contribution >= 4 is 16.4 Å². The van der Waals surface area contributed by atoms with Crippen LogP contribution in [-0.2, 0) is 71.5 Å². The number of ether oxygens (including phenoxy) is 11. The number of fused-ring (bicyclic) bond motifs is 4. The van der Waals surface area contributed by atoms with Gasteiger partial charge in [0.1, 0.15) is 103 Å². The Labute approximate surface area is 504 Å². The summed E-state index contributed by atoms with van der Waals surface area (Å²) in [7, 11) is -4.27. The first kappa shape index (κ1) is 66.7. The van der Waals surface area contributed by atoms with Gasteiger partial charge in [0.05, 0.1) is 43.7 Å². The second kappa shape index (κ2) is 23.5. The van der Waals surface area contributed by atoms with Crippen molar-refractivity contribution in [2.75, 3.05) is 26.9 Å². The van der Waals surface area contributed by atoms with Crippen LogP contribution in [-0.4, -0.2) is 254 Å². The number of esters is 1. The molecule has 0 radical (unpaired) electrons. The normalized spacial score (nSPS) is 53.0. The van der Waals surface area contributed by atoms with Crippen molar-refractivity contribution in [3.05, 3.63) is 11.6 Å². The second-order valence-electron chi connectivity index (χ2n) is 26.5. The molecule has 0 unspecified atom stereocenters. The molecule has 470 valence electrons. The first-order valence-electron chi connectivity index (χ1n) is 28.6. The average Bonchev–Trinajstić information content (AvgIpc) is 1.51. The zero-order valence-electron chi connectivity index (χ0n) is 48.6. The van der Waals surface area contributed by atoms with Gasteiger partial charge in [-0.3, -0.25) is 8.98 Å². The van der Waals surface area contributed by atoms with E-state index in [0.29, 0.717) is 44.9 Å². The number of carbonyl (C=O) groups excluding carboxylic acids is 1. The first-order valence-corrected chi connectivity index (χ1v) is 29.9. The molecule has 0 aromatic heterocycles. The SMILES string of the molecule is CO[C@@H]1[C@@H](O)[C@H](O[C@@H]2[C@@H](O)[C@H](O[C@H]3[C@H](O)[C@@H](O)[C@H](O[C@H]4[C@H](O[C@H]5CC[C@]6(C)C7=C[C@@H](O)[C@]89C(=O)O[C@@](C)([C@@H]%10CCC(C)(C)O%10)[C@@]8(O)CC[C@@]9(C)[C@@H]7CC[C@H]6C5(C)C)OC[C@@H](OS(=O)(=O)[O-])[C@@H]4O)O[C@@H]3C)O[C@H](CO)[C@H]2O)O[C@H](CO)[C@H]1O.[Na+]. The van der Waals surface area contributed by atoms with Gasteiger partial charge in [-0.1, -0.05) is 39.3 Å². The molecule has 6 aliphatic heterocycles. The molecular weight excluding hydrogens is 1140 g/mol. The Morgan fingerprint density at radius 3 is 1.86 bits per heavy atom. The third-order valence-corrected chi connectivity index (χ3v) is 21.8. The number of cyclic esters (lactones) is 1. The van der Waals surface area contributed by atoms with E-state index >= 15 is 0 Å². The largest absolute Gasteiger partial charge is 1.00 e. The van der Waals surface area contributed by atoms with Gasteiger partial charge in [0, 0.05) is 7.11 Å². The Balaban J connectivity index is 0.00000828. The van der Waals surface area contributed by atoms with Crippen molar-refractivity contribution in [1.29, 1.82) is 0 Å². The number of rotatable bonds is 14. The third-order valence-electron chi connectivity index (χ3n) is 21.4. The number of hydrogen-bond acceptors (Lipinski definition) is 27. The first-order chi connectivity index (χ1) is 38.2. The summed E-state index contributed by atoms with van der Waals surface area (Å²) in [5, 5.41) is 125. The molecular formula is C54H85NaO27S. The summed E-state index contributed by atoms with van der Waals surface area (Å²) in [6, 6.07) is 0. The van der Waals surface area contributed by atoms with Crippen LogP contribution in [0.1, 0.15) is 107 Å². The number of methoxy groups -OCH3 is 1. The number of aliphatic hydroxyl groups is 11. The molecule has 10 rings (SSSR count). The maximum Gasteiger partial charge on any atom is 1.00 e. The maximum atomic E-state index is 14.7. The Kier molecular flexibility index (Phi) is 18.9. The van der Waals surface area contributed by atoms with Gasteiger partial charge in [-0.05, 0) is 107 Å². The molecule has 10 aliphatic rings. The summed E-state index contributed by atoms with van der Waals surface area (Å²) in [5.41, 5.74) is -6.53. The summed E-state index contributed by atoms with van der Waals surface area (Å²) in [6.07, 6.45) is -29.4. The van der Waals surface area contributed by atoms with Crippen LogP contribution in [0.4, 0.5) is 0 Å². The summed E-state index contributed by atoms with van der Waals surface area (Å²) < 4.78 is 106. The van der Waals surface area contributed by atoms with Crippen molar-refractivity contribution in [3.8, 4) is 0 Å². The predicted octanol–water partition coefficient (Wildman–Crippen LogP) is -5.60. The Bertz CT molecular complexity index is 2490. The standard InChI is InChI=1S/C54H86O27S.Na/c1-22-39(76-45-38(64)41(33(59)26(20-56)74-45)77-44-37(63)40(70-9)32(58)25(19-55)73-44)35(61)36(62)43(72-22)78-42-34(60)27(81-82(67,68)69)21-71-46(42)75-30-13-15-50(6)24-18-29(57)54-47(65)80-52(8,31-12-14-48(2,3)79-31)53(54,66)17-16-51(54,7)23(24)10-11-28(50)49(30,4)5;/h18,22-23,25-46,55-64,66H,10-17,19-21H2,1-9H3,(H,67,68,69);/q;+1/p-1/t22-,23-,25-,26-,27-,28+,29-,30+,31+,32-,33-,34+,35-,36-,37-,38-,39-,40+,41+,42-,43+,44+,45+,46+,50-,51+,52+,53+,54-;/m1./s1. The average molecular weight is 1220 g/mol. The molecule has 0 amide bonds. The minimum atomic E-state index is -5.44. The molecule has 3 saturated carbocycles. The fourth-order valence-corrected chi connectivity index (χ4v) is 17.4. The van der Waals surface area contributed by atoms with Gasteiger partial charge in [0.25, 0.3) is 0 Å². The van der Waals surface area contributed by atoms with Crippen LogP contribution in [0.25, 0.3) is 0 Å². The predicted molar refractivity (Wildman–Crippen MR) is 271 cm³/mol. The fourth-order valence-electron chi connectivity index (χ4n) is 17.0. The summed E-state index contributed by atoms with van der Waals surface area (Å²) in [5.74, 6) is -0.989. The number of allylic oxidation sites excluding steroid dienone is 1. The number of hydrogen-bond donors (Lipinski definition) is 11. The van der Waals surface area contributed by atoms with E-state index in [2.05, 4.69) is 11.1 Å². The molecule has 1 spiro atoms. The Morgan fingerprint density at radius 2 is 1.27 bits per heavy atom. The minimum absolute atomic E-state index is 0. The van der Waals surface area contributed by atoms with Crippen LogP contribution in [0.3, 0.4) is 0 Å². The molecule has 4 aliphatic carbocycles. The van der Waals surface area contributed by atoms with E-state index in [1.54, 1.807) is 13.0 Å². The molecule has 29 atom stereocenters. The van der Waals surface area contributed by atoms with Gasteiger partial charge in [0.15, 0.2) is 30.8 Å². The quantitative estimate of drug-likeness (QED) is 0.0193. The number of aliphatic hydroxyl groups excluding tert-OH is 10. The van der Waals surface area contributed by atoms with Gasteiger partial charge < -0.3 is 113 Å². The molecule has 27 nitrogen and oxygen atoms in total. The van der Waals surface area contributed by atoms with Crippen LogP contribution < -0.4 is 29.6 Å². The molecule has 0 bridgehead atoms. The zero-order chi connectivity index (χ0) is 60.0. The van der Waals surface area contributed by atoms with E-state index in [4.69, 9.17) is 52.1 Å². The summed E-state index contributed by atoms with van der Waals surface area (Å²) in [4.78, 5) is 14.7. The van der Waals surface area contributed by atoms with Gasteiger partial charge in [-0.2, -0.15) is 0 Å². The monoisotopic (exact) mass is 1220 g/mol. The van der Waals surface area contributed by atoms with E-state index in [-0.39, 0.29) is 47.8 Å². The second-order valence-corrected chi connectivity index (χ2v) is 27.5. The molecule has 6 heterocycles. The van der Waals surface area contributed by atoms with Gasteiger partial charge >= 0.3 is 35.5 Å². The van der Waals surface area contributed by atoms with Crippen molar-refractivity contribution in [2.45, 2.75) is 259 Å². The van der Waals surface area contributed by atoms with Gasteiger partial charge in [-0.15, -0.1) is 0 Å². The molecule has 11 N–H and O–H groups in total. The molecule has 9 fully saturated rings. The van der Waals surface area contributed by atoms with Crippen molar-refractivity contribution in [1.82, 2.24) is 0 Å². The van der Waals surface area contributed by atoms with Crippen LogP contribution >= 0.6 is 0 Å². The van der Waals surface area contributed by atoms with Gasteiger partial charge in [-0.25, -0.2) is 8.42 Å². The van der Waals surface area contributed by atoms with Crippen LogP contribution in [0.2, 0.25) is 0 Å². The topological polar surface area (TPSA) is 408 Å². The van der Waals surface area contributed by atoms with E-state index in [9.17, 15) is 73.9 Å². The van der Waals surface area contributed by atoms with Crippen LogP contribution in [0.5, 0.6) is 0 Å². The van der Waals surface area contributed by atoms with Crippen LogP contribution in [0.15, 0.2) is 11.6 Å². The van der Waals surface area contributed by atoms with E-state index < -0.39 is 210 Å². The Hall–Kier alpha value is -0.760. The third kappa shape index (κ3) is 10.5. The maximum absolute atomic E-state index is 14.7. The molecule has 0 aromatic carbocycles. The van der Waals surface area contributed by atoms with E-state index in [1.807, 2.05) is 34.6 Å². The van der Waals surface area contributed by atoms with Gasteiger partial charge in [0.2, 0.25) is 10.4 Å². The fraction of sp³-hybridized carbons (Fsp3) is 0.944. The van der Waals surface area contributed by atoms with Crippen molar-refractivity contribution < 1.29 is 160 Å². The van der Waals surface area contributed by atoms with E-state index in [1.165, 1.54) is 14.0 Å². The van der Waals surface area contributed by atoms with Crippen molar-refractivity contribution in [3.63, 3.8) is 0 Å². The molecule has 29 heteroatoms. The summed E-state index contributed by atoms with van der Waals surface area (Å²) >= 11 is 0. The molecule has 0 aromatic rings. The molecule has 6 saturated heterocycles. The Morgan fingerprint density at radius 1 is 0.675 bits per heavy atom. The van der Waals surface area contributed by atoms with E-state index in [0.717, 1.165) is 5.57 Å². The smallest absolute Gasteiger partial charge is 0.726 e. The zero-order valence-corrected chi connectivity index (χ0v) is 51.4. The minimum Gasteiger partial charge on any atom is -0.726 e. The van der Waals surface area contributed by atoms with Crippen molar-refractivity contribution in [2.24, 2.45) is 33.5 Å². The summed E-state index contributed by atoms with van der Waals surface area (Å²) in [6.45, 7) is 13.0. The van der Waals surface area contributed by atoms with Crippen LogP contribution in [0, 0.1) is 33.5 Å². The molecule has 83 heavy (non-hydrogen) atoms. The number of carbonyl (C=O) groups is 1.